The molecule has 1 aliphatic heterocycles. The minimum absolute atomic E-state index is 0.267. The van der Waals surface area contributed by atoms with E-state index in [4.69, 9.17) is 28.4 Å². The Morgan fingerprint density at radius 2 is 1.53 bits per heavy atom. The quantitative estimate of drug-likeness (QED) is 0.340. The smallest absolute Gasteiger partial charge is 0.346 e. The second kappa shape index (κ2) is 11.7. The minimum atomic E-state index is -1.43. The summed E-state index contributed by atoms with van der Waals surface area (Å²) in [7, 11) is 0. The third-order valence-corrected chi connectivity index (χ3v) is 5.43. The number of para-hydroxylation sites is 2. The van der Waals surface area contributed by atoms with E-state index in [2.05, 4.69) is 9.97 Å². The van der Waals surface area contributed by atoms with Crippen LogP contribution in [0.2, 0.25) is 0 Å². The summed E-state index contributed by atoms with van der Waals surface area (Å²) < 4.78 is 31.9. The number of nitrogens with zero attached hydrogens (tertiary/aromatic N) is 1. The fraction of sp³-hybridized carbons (Fsp3) is 0.346. The minimum Gasteiger partial charge on any atom is -0.482 e. The molecular weight excluding hydrogens is 500 g/mol. The van der Waals surface area contributed by atoms with E-state index in [0.29, 0.717) is 11.6 Å². The van der Waals surface area contributed by atoms with Gasteiger partial charge in [-0.1, -0.05) is 12.1 Å². The highest BCUT2D eigenvalue weighted by Crippen LogP contribution is 2.26. The van der Waals surface area contributed by atoms with Crippen molar-refractivity contribution in [3.8, 4) is 17.1 Å². The van der Waals surface area contributed by atoms with Crippen molar-refractivity contribution in [2.75, 3.05) is 13.2 Å². The van der Waals surface area contributed by atoms with Gasteiger partial charge in [0.1, 0.15) is 11.6 Å². The second-order valence-corrected chi connectivity index (χ2v) is 8.40. The number of H-pyrrole nitrogens is 1. The molecule has 1 aliphatic rings. The van der Waals surface area contributed by atoms with Crippen LogP contribution in [0.3, 0.4) is 0 Å². The molecule has 1 fully saturated rings. The number of ether oxygens (including phenoxy) is 6. The lowest BCUT2D eigenvalue weighted by Gasteiger charge is -2.39. The van der Waals surface area contributed by atoms with Gasteiger partial charge in [0.25, 0.3) is 0 Å². The van der Waals surface area contributed by atoms with E-state index in [9.17, 15) is 19.2 Å². The molecule has 2 heterocycles. The second-order valence-electron chi connectivity index (χ2n) is 8.40. The van der Waals surface area contributed by atoms with Crippen LogP contribution in [-0.2, 0) is 42.9 Å². The molecule has 12 nitrogen and oxygen atoms in total. The molecule has 1 saturated heterocycles. The van der Waals surface area contributed by atoms with Crippen LogP contribution in [0.5, 0.6) is 5.75 Å². The van der Waals surface area contributed by atoms with E-state index in [1.54, 1.807) is 24.3 Å². The Hall–Kier alpha value is -4.45. The molecule has 4 atom stereocenters. The maximum Gasteiger partial charge on any atom is 0.346 e. The van der Waals surface area contributed by atoms with Gasteiger partial charge < -0.3 is 33.4 Å². The number of nitrogens with one attached hydrogen (secondary N) is 1. The van der Waals surface area contributed by atoms with Crippen molar-refractivity contribution in [2.45, 2.75) is 45.4 Å². The Morgan fingerprint density at radius 3 is 2.18 bits per heavy atom. The summed E-state index contributed by atoms with van der Waals surface area (Å²) in [6, 6.07) is 14.6. The first kappa shape index (κ1) is 26.6. The molecule has 0 radical (unpaired) electrons. The molecule has 1 aromatic heterocycles. The number of fused-ring (bicyclic) bond motifs is 1. The molecule has 0 amide bonds. The molecule has 200 valence electrons. The van der Waals surface area contributed by atoms with Crippen LogP contribution in [0.1, 0.15) is 20.8 Å². The molecule has 0 saturated carbocycles. The topological polar surface area (TPSA) is 152 Å². The van der Waals surface area contributed by atoms with Gasteiger partial charge in [-0.2, -0.15) is 0 Å². The van der Waals surface area contributed by atoms with Crippen LogP contribution in [-0.4, -0.2) is 71.7 Å². The van der Waals surface area contributed by atoms with Crippen LogP contribution in [0.15, 0.2) is 48.5 Å². The number of esters is 4. The summed E-state index contributed by atoms with van der Waals surface area (Å²) in [5, 5.41) is 0. The molecule has 0 unspecified atom stereocenters. The van der Waals surface area contributed by atoms with E-state index in [1.165, 1.54) is 6.92 Å². The van der Waals surface area contributed by atoms with E-state index in [0.717, 1.165) is 30.4 Å². The molecule has 0 spiro atoms. The number of carbonyl (C=O) groups excluding carboxylic acids is 4. The average molecular weight is 526 g/mol. The molecule has 1 N–H and O–H groups in total. The monoisotopic (exact) mass is 526 g/mol. The molecular formula is C26H26N2O10. The fourth-order valence-corrected chi connectivity index (χ4v) is 3.91. The Balaban J connectivity index is 1.38. The van der Waals surface area contributed by atoms with Crippen molar-refractivity contribution in [3.05, 3.63) is 48.5 Å². The van der Waals surface area contributed by atoms with Crippen molar-refractivity contribution < 1.29 is 47.6 Å². The molecule has 0 aliphatic carbocycles. The van der Waals surface area contributed by atoms with E-state index >= 15 is 0 Å². The third-order valence-electron chi connectivity index (χ3n) is 5.43. The lowest BCUT2D eigenvalue weighted by atomic mass is 10.0. The summed E-state index contributed by atoms with van der Waals surface area (Å²) >= 11 is 0. The zero-order valence-electron chi connectivity index (χ0n) is 20.9. The van der Waals surface area contributed by atoms with Gasteiger partial charge in [-0.05, 0) is 36.4 Å². The van der Waals surface area contributed by atoms with Crippen LogP contribution < -0.4 is 4.74 Å². The predicted molar refractivity (Wildman–Crippen MR) is 130 cm³/mol. The first-order valence-corrected chi connectivity index (χ1v) is 11.7. The SMILES string of the molecule is CC(=O)O[C@@H]1[C@@H](OC(C)=O)[C@H](OC(=O)COc2ccc(-c3nc4ccccc4[nH]3)cc2)OC[C@H]1OC(C)=O. The Bertz CT molecular complexity index is 1290. The third kappa shape index (κ3) is 6.65. The number of aromatic nitrogens is 2. The predicted octanol–water partition coefficient (Wildman–Crippen LogP) is 2.30. The largest absolute Gasteiger partial charge is 0.482 e. The summed E-state index contributed by atoms with van der Waals surface area (Å²) in [6.07, 6.45) is -5.13. The van der Waals surface area contributed by atoms with Gasteiger partial charge in [0.2, 0.25) is 12.4 Å². The highest BCUT2D eigenvalue weighted by molar-refractivity contribution is 5.79. The van der Waals surface area contributed by atoms with Crippen LogP contribution in [0.4, 0.5) is 0 Å². The van der Waals surface area contributed by atoms with Crippen molar-refractivity contribution in [3.63, 3.8) is 0 Å². The van der Waals surface area contributed by atoms with E-state index in [-0.39, 0.29) is 6.61 Å². The lowest BCUT2D eigenvalue weighted by molar-refractivity contribution is -0.274. The van der Waals surface area contributed by atoms with Gasteiger partial charge in [-0.15, -0.1) is 0 Å². The number of carbonyl (C=O) groups is 4. The number of benzene rings is 2. The highest BCUT2D eigenvalue weighted by Gasteiger charge is 2.48. The van der Waals surface area contributed by atoms with Crippen molar-refractivity contribution in [2.24, 2.45) is 0 Å². The number of aromatic amines is 1. The van der Waals surface area contributed by atoms with Crippen molar-refractivity contribution >= 4 is 34.9 Å². The fourth-order valence-electron chi connectivity index (χ4n) is 3.91. The van der Waals surface area contributed by atoms with Crippen LogP contribution in [0.25, 0.3) is 22.4 Å². The van der Waals surface area contributed by atoms with E-state index in [1.807, 2.05) is 24.3 Å². The van der Waals surface area contributed by atoms with Gasteiger partial charge in [0, 0.05) is 26.3 Å². The van der Waals surface area contributed by atoms with Gasteiger partial charge in [-0.3, -0.25) is 14.4 Å². The summed E-state index contributed by atoms with van der Waals surface area (Å²) in [6.45, 7) is 2.68. The molecule has 0 bridgehead atoms. The maximum atomic E-state index is 12.5. The van der Waals surface area contributed by atoms with Gasteiger partial charge in [-0.25, -0.2) is 9.78 Å². The number of hydrogen-bond acceptors (Lipinski definition) is 11. The van der Waals surface area contributed by atoms with Crippen LogP contribution in [0, 0.1) is 0 Å². The molecule has 12 heteroatoms. The van der Waals surface area contributed by atoms with Crippen LogP contribution >= 0.6 is 0 Å². The van der Waals surface area contributed by atoms with Crippen molar-refractivity contribution in [1.29, 1.82) is 0 Å². The molecule has 38 heavy (non-hydrogen) atoms. The van der Waals surface area contributed by atoms with Gasteiger partial charge >= 0.3 is 23.9 Å². The molecule has 2 aromatic carbocycles. The standard InChI is InChI=1S/C26H26N2O10/c1-14(29)35-21-12-34-26(24(37-16(3)31)23(21)36-15(2)30)38-22(32)13-33-18-10-8-17(9-11-18)25-27-19-6-4-5-7-20(19)28-25/h4-11,21,23-24,26H,12-13H2,1-3H3,(H,27,28)/t21-,23+,24-,26+/m1/s1. The summed E-state index contributed by atoms with van der Waals surface area (Å²) in [5.74, 6) is -1.87. The molecule has 4 rings (SSSR count). The first-order chi connectivity index (χ1) is 18.2. The Kier molecular flexibility index (Phi) is 8.22. The average Bonchev–Trinajstić information content (AvgIpc) is 3.30. The number of rotatable bonds is 8. The number of hydrogen-bond donors (Lipinski definition) is 1. The first-order valence-electron chi connectivity index (χ1n) is 11.7. The van der Waals surface area contributed by atoms with E-state index < -0.39 is 55.1 Å². The van der Waals surface area contributed by atoms with Crippen molar-refractivity contribution in [1.82, 2.24) is 9.97 Å². The zero-order chi connectivity index (χ0) is 27.2. The highest BCUT2D eigenvalue weighted by atomic mass is 16.7. The number of imidazole rings is 1. The summed E-state index contributed by atoms with van der Waals surface area (Å²) in [5.41, 5.74) is 2.59. The molecule has 3 aromatic rings. The summed E-state index contributed by atoms with van der Waals surface area (Å²) in [4.78, 5) is 55.1. The maximum absolute atomic E-state index is 12.5. The zero-order valence-corrected chi connectivity index (χ0v) is 20.9. The normalized spacial score (nSPS) is 20.8. The Labute approximate surface area is 217 Å². The van der Waals surface area contributed by atoms with Gasteiger partial charge in [0.15, 0.2) is 18.8 Å². The lowest BCUT2D eigenvalue weighted by Crippen LogP contribution is -2.58. The Morgan fingerprint density at radius 1 is 0.868 bits per heavy atom. The van der Waals surface area contributed by atoms with Gasteiger partial charge in [0.05, 0.1) is 17.6 Å².